The zero-order valence-electron chi connectivity index (χ0n) is 6.55. The molecule has 1 aromatic rings. The van der Waals surface area contributed by atoms with Crippen molar-refractivity contribution >= 4 is 5.97 Å². The molecule has 76 valence electrons. The Bertz CT molecular complexity index is 427. The summed E-state index contributed by atoms with van der Waals surface area (Å²) < 4.78 is 36.8. The average molecular weight is 207 g/mol. The number of nitrogens with one attached hydrogen (secondary N) is 1. The number of alkyl halides is 2. The Morgan fingerprint density at radius 2 is 2.07 bits per heavy atom. The molecular weight excluding hydrogens is 203 g/mol. The van der Waals surface area contributed by atoms with Gasteiger partial charge in [-0.25, -0.2) is 13.6 Å². The number of H-pyrrole nitrogens is 1. The minimum Gasteiger partial charge on any atom is -0.477 e. The lowest BCUT2D eigenvalue weighted by Gasteiger charge is -2.01. The third kappa shape index (κ3) is 1.76. The van der Waals surface area contributed by atoms with Crippen molar-refractivity contribution in [3.8, 4) is 0 Å². The average Bonchev–Trinajstić information content (AvgIpc) is 2.01. The molecule has 0 aliphatic heterocycles. The van der Waals surface area contributed by atoms with E-state index in [-0.39, 0.29) is 0 Å². The van der Waals surface area contributed by atoms with Crippen LogP contribution in [0.1, 0.15) is 22.5 Å². The molecule has 0 saturated heterocycles. The lowest BCUT2D eigenvalue weighted by Crippen LogP contribution is -2.17. The Morgan fingerprint density at radius 1 is 1.50 bits per heavy atom. The van der Waals surface area contributed by atoms with E-state index >= 15 is 0 Å². The number of aromatic carboxylic acids is 1. The molecule has 0 radical (unpaired) electrons. The molecule has 0 unspecified atom stereocenters. The number of pyridine rings is 1. The molecule has 1 heterocycles. The Labute approximate surface area is 75.0 Å². The maximum absolute atomic E-state index is 12.7. The SMILES string of the molecule is O=C(O)c1cc(=O)c(C(F)F)c(F)[nH]1. The summed E-state index contributed by atoms with van der Waals surface area (Å²) >= 11 is 0. The van der Waals surface area contributed by atoms with E-state index < -0.39 is 35.0 Å². The molecule has 0 aliphatic rings. The van der Waals surface area contributed by atoms with Crippen molar-refractivity contribution in [2.45, 2.75) is 6.43 Å². The molecule has 0 atom stereocenters. The highest BCUT2D eigenvalue weighted by molar-refractivity contribution is 5.85. The van der Waals surface area contributed by atoms with Gasteiger partial charge in [0, 0.05) is 6.07 Å². The summed E-state index contributed by atoms with van der Waals surface area (Å²) in [5.41, 5.74) is -3.46. The number of carbonyl (C=O) groups is 1. The Hall–Kier alpha value is -1.79. The van der Waals surface area contributed by atoms with Gasteiger partial charge in [0.2, 0.25) is 5.95 Å². The molecule has 0 aromatic carbocycles. The van der Waals surface area contributed by atoms with E-state index in [4.69, 9.17) is 5.11 Å². The van der Waals surface area contributed by atoms with E-state index in [9.17, 15) is 22.8 Å². The molecule has 0 saturated carbocycles. The van der Waals surface area contributed by atoms with Gasteiger partial charge < -0.3 is 10.1 Å². The first-order valence-electron chi connectivity index (χ1n) is 3.37. The van der Waals surface area contributed by atoms with Crippen LogP contribution in [0.25, 0.3) is 0 Å². The minimum atomic E-state index is -3.28. The molecule has 4 nitrogen and oxygen atoms in total. The van der Waals surface area contributed by atoms with Crippen molar-refractivity contribution in [2.75, 3.05) is 0 Å². The van der Waals surface area contributed by atoms with E-state index in [1.54, 1.807) is 4.98 Å². The number of hydrogen-bond acceptors (Lipinski definition) is 2. The second-order valence-electron chi connectivity index (χ2n) is 2.38. The van der Waals surface area contributed by atoms with Gasteiger partial charge in [-0.2, -0.15) is 4.39 Å². The third-order valence-electron chi connectivity index (χ3n) is 1.47. The van der Waals surface area contributed by atoms with Crippen molar-refractivity contribution in [2.24, 2.45) is 0 Å². The topological polar surface area (TPSA) is 70.2 Å². The van der Waals surface area contributed by atoms with Gasteiger partial charge in [0.15, 0.2) is 5.43 Å². The van der Waals surface area contributed by atoms with Crippen LogP contribution in [0.5, 0.6) is 0 Å². The quantitative estimate of drug-likeness (QED) is 0.714. The number of carboxylic acid groups (broad SMARTS) is 1. The molecule has 2 N–H and O–H groups in total. The van der Waals surface area contributed by atoms with Gasteiger partial charge in [-0.3, -0.25) is 4.79 Å². The van der Waals surface area contributed by atoms with Gasteiger partial charge >= 0.3 is 5.97 Å². The van der Waals surface area contributed by atoms with E-state index in [1.807, 2.05) is 0 Å². The normalized spacial score (nSPS) is 10.6. The van der Waals surface area contributed by atoms with E-state index in [2.05, 4.69) is 0 Å². The summed E-state index contributed by atoms with van der Waals surface area (Å²) in [5, 5.41) is 8.34. The molecule has 0 aliphatic carbocycles. The zero-order chi connectivity index (χ0) is 10.9. The standard InChI is InChI=1S/C7H4F3NO3/c8-5(9)4-3(12)1-2(7(13)14)11-6(4)10/h1,5H,(H,11,12)(H,13,14). The minimum absolute atomic E-state index is 0.410. The summed E-state index contributed by atoms with van der Waals surface area (Å²) in [7, 11) is 0. The molecular formula is C7H4F3NO3. The maximum Gasteiger partial charge on any atom is 0.352 e. The van der Waals surface area contributed by atoms with Gasteiger partial charge in [0.05, 0.1) is 0 Å². The van der Waals surface area contributed by atoms with Crippen LogP contribution in [0.3, 0.4) is 0 Å². The summed E-state index contributed by atoms with van der Waals surface area (Å²) in [6, 6.07) is 0.410. The molecule has 0 spiro atoms. The van der Waals surface area contributed by atoms with Crippen LogP contribution in [0.2, 0.25) is 0 Å². The number of hydrogen-bond donors (Lipinski definition) is 2. The lowest BCUT2D eigenvalue weighted by molar-refractivity contribution is 0.0687. The van der Waals surface area contributed by atoms with Crippen molar-refractivity contribution in [1.29, 1.82) is 0 Å². The van der Waals surface area contributed by atoms with Crippen LogP contribution in [0.15, 0.2) is 10.9 Å². The molecule has 7 heteroatoms. The van der Waals surface area contributed by atoms with Crippen LogP contribution in [0, 0.1) is 5.95 Å². The monoisotopic (exact) mass is 207 g/mol. The van der Waals surface area contributed by atoms with Crippen molar-refractivity contribution in [3.63, 3.8) is 0 Å². The van der Waals surface area contributed by atoms with Gasteiger partial charge in [0.1, 0.15) is 11.3 Å². The number of carboxylic acids is 1. The first-order chi connectivity index (χ1) is 6.43. The van der Waals surface area contributed by atoms with Crippen LogP contribution in [-0.2, 0) is 0 Å². The van der Waals surface area contributed by atoms with Crippen molar-refractivity contribution < 1.29 is 23.1 Å². The Kier molecular flexibility index (Phi) is 2.59. The molecule has 1 aromatic heterocycles. The smallest absolute Gasteiger partial charge is 0.352 e. The number of aromatic amines is 1. The maximum atomic E-state index is 12.7. The summed E-state index contributed by atoms with van der Waals surface area (Å²) in [4.78, 5) is 22.6. The summed E-state index contributed by atoms with van der Waals surface area (Å²) in [6.07, 6.45) is -3.28. The molecule has 1 rings (SSSR count). The van der Waals surface area contributed by atoms with Gasteiger partial charge in [0.25, 0.3) is 6.43 Å². The molecule has 0 amide bonds. The predicted molar refractivity (Wildman–Crippen MR) is 38.9 cm³/mol. The lowest BCUT2D eigenvalue weighted by atomic mass is 10.2. The fourth-order valence-corrected chi connectivity index (χ4v) is 0.857. The van der Waals surface area contributed by atoms with Crippen LogP contribution < -0.4 is 5.43 Å². The third-order valence-corrected chi connectivity index (χ3v) is 1.47. The summed E-state index contributed by atoms with van der Waals surface area (Å²) in [6.45, 7) is 0. The first kappa shape index (κ1) is 10.3. The largest absolute Gasteiger partial charge is 0.477 e. The fourth-order valence-electron chi connectivity index (χ4n) is 0.857. The van der Waals surface area contributed by atoms with Crippen LogP contribution in [0.4, 0.5) is 13.2 Å². The fraction of sp³-hybridized carbons (Fsp3) is 0.143. The van der Waals surface area contributed by atoms with E-state index in [1.165, 1.54) is 0 Å². The molecule has 14 heavy (non-hydrogen) atoms. The highest BCUT2D eigenvalue weighted by atomic mass is 19.3. The summed E-state index contributed by atoms with van der Waals surface area (Å²) in [5.74, 6) is -3.22. The Balaban J connectivity index is 3.40. The van der Waals surface area contributed by atoms with Crippen LogP contribution in [-0.4, -0.2) is 16.1 Å². The van der Waals surface area contributed by atoms with Gasteiger partial charge in [-0.1, -0.05) is 0 Å². The van der Waals surface area contributed by atoms with Gasteiger partial charge in [-0.05, 0) is 0 Å². The van der Waals surface area contributed by atoms with E-state index in [0.29, 0.717) is 6.07 Å². The number of rotatable bonds is 2. The second-order valence-corrected chi connectivity index (χ2v) is 2.38. The molecule has 0 bridgehead atoms. The van der Waals surface area contributed by atoms with Crippen LogP contribution >= 0.6 is 0 Å². The number of aromatic nitrogens is 1. The van der Waals surface area contributed by atoms with Gasteiger partial charge in [-0.15, -0.1) is 0 Å². The van der Waals surface area contributed by atoms with Crippen molar-refractivity contribution in [1.82, 2.24) is 4.98 Å². The zero-order valence-corrected chi connectivity index (χ0v) is 6.55. The Morgan fingerprint density at radius 3 is 2.43 bits per heavy atom. The second kappa shape index (κ2) is 3.52. The number of halogens is 3. The predicted octanol–water partition coefficient (Wildman–Crippen LogP) is 1.15. The highest BCUT2D eigenvalue weighted by Crippen LogP contribution is 2.16. The van der Waals surface area contributed by atoms with Crippen molar-refractivity contribution in [3.05, 3.63) is 33.5 Å². The first-order valence-corrected chi connectivity index (χ1v) is 3.37. The molecule has 0 fully saturated rings. The van der Waals surface area contributed by atoms with E-state index in [0.717, 1.165) is 0 Å². The highest BCUT2D eigenvalue weighted by Gasteiger charge is 2.20.